The van der Waals surface area contributed by atoms with Gasteiger partial charge in [-0.3, -0.25) is 0 Å². The molecule has 4 N–H and O–H groups in total. The number of terminal acetylenes is 1. The van der Waals surface area contributed by atoms with Crippen LogP contribution in [0.3, 0.4) is 0 Å². The molecule has 0 saturated carbocycles. The predicted octanol–water partition coefficient (Wildman–Crippen LogP) is 2.59. The first-order valence-electron chi connectivity index (χ1n) is 9.33. The fourth-order valence-corrected chi connectivity index (χ4v) is 3.11. The summed E-state index contributed by atoms with van der Waals surface area (Å²) < 4.78 is 11.4. The molecule has 0 heterocycles. The lowest BCUT2D eigenvalue weighted by Crippen LogP contribution is -2.58. The molecule has 27 heavy (non-hydrogen) atoms. The Bertz CT molecular complexity index is 611. The van der Waals surface area contributed by atoms with Crippen LogP contribution in [-0.2, 0) is 14.3 Å². The molecule has 0 aromatic carbocycles. The number of rotatable bonds is 7. The lowest BCUT2D eigenvalue weighted by Gasteiger charge is -2.39. The van der Waals surface area contributed by atoms with Crippen molar-refractivity contribution in [1.29, 1.82) is 0 Å². The molecule has 152 valence electrons. The predicted molar refractivity (Wildman–Crippen MR) is 103 cm³/mol. The van der Waals surface area contributed by atoms with Gasteiger partial charge in [0.25, 0.3) is 0 Å². The zero-order valence-electron chi connectivity index (χ0n) is 16.9. The molecule has 0 unspecified atom stereocenters. The quantitative estimate of drug-likeness (QED) is 0.586. The number of nitrogens with two attached hydrogens (primary N) is 1. The second-order valence-corrected chi connectivity index (χ2v) is 7.72. The number of alkyl carbamates (subject to hydrolysis) is 1. The summed E-state index contributed by atoms with van der Waals surface area (Å²) in [6.07, 6.45) is 5.77. The van der Waals surface area contributed by atoms with Crippen molar-refractivity contribution in [3.05, 3.63) is 11.1 Å². The van der Waals surface area contributed by atoms with Gasteiger partial charge in [0.1, 0.15) is 5.60 Å². The maximum atomic E-state index is 12.2. The Balaban J connectivity index is 3.19. The minimum atomic E-state index is -1.08. The first kappa shape index (κ1) is 23.0. The van der Waals surface area contributed by atoms with Crippen LogP contribution in [0, 0.1) is 12.3 Å². The number of aliphatic carboxylic acids is 1. The summed E-state index contributed by atoms with van der Waals surface area (Å²) in [5.74, 6) is 1.42. The minimum absolute atomic E-state index is 0.0650. The molecule has 1 rings (SSSR count). The second-order valence-electron chi connectivity index (χ2n) is 7.72. The Kier molecular flexibility index (Phi) is 8.32. The molecule has 0 bridgehead atoms. The van der Waals surface area contributed by atoms with Crippen molar-refractivity contribution in [2.75, 3.05) is 0 Å². The standard InChI is InChI=1S/C20H32N2O5/c1-7-10-13-14(18(23)24)11-15(22-19(25)27-20(4,5)6)16(21)17(13)26-12(8-2)9-3/h1,12,15-17H,8-11,21H2,2-6H3,(H,22,25)(H,23,24)/t15-,16+,17+/m0/s1. The van der Waals surface area contributed by atoms with E-state index in [4.69, 9.17) is 21.6 Å². The summed E-state index contributed by atoms with van der Waals surface area (Å²) in [6, 6.07) is -1.27. The molecule has 0 spiro atoms. The summed E-state index contributed by atoms with van der Waals surface area (Å²) >= 11 is 0. The maximum Gasteiger partial charge on any atom is 0.407 e. The number of amides is 1. The summed E-state index contributed by atoms with van der Waals surface area (Å²) in [6.45, 7) is 9.23. The number of hydrogen-bond donors (Lipinski definition) is 3. The number of ether oxygens (including phenoxy) is 2. The molecule has 1 aliphatic rings. The Morgan fingerprint density at radius 2 is 1.96 bits per heavy atom. The Hall–Kier alpha value is -2.04. The maximum absolute atomic E-state index is 12.2. The summed E-state index contributed by atoms with van der Waals surface area (Å²) in [4.78, 5) is 24.0. The van der Waals surface area contributed by atoms with Gasteiger partial charge in [-0.1, -0.05) is 13.8 Å². The van der Waals surface area contributed by atoms with E-state index in [0.29, 0.717) is 5.57 Å². The van der Waals surface area contributed by atoms with Gasteiger partial charge in [0, 0.05) is 18.4 Å². The molecule has 0 aromatic rings. The van der Waals surface area contributed by atoms with Gasteiger partial charge in [0.05, 0.1) is 24.3 Å². The van der Waals surface area contributed by atoms with Crippen molar-refractivity contribution in [1.82, 2.24) is 5.32 Å². The molecule has 0 saturated heterocycles. The van der Waals surface area contributed by atoms with Crippen LogP contribution in [0.25, 0.3) is 0 Å². The van der Waals surface area contributed by atoms with Crippen molar-refractivity contribution in [2.45, 2.75) is 90.2 Å². The third-order valence-electron chi connectivity index (χ3n) is 4.47. The van der Waals surface area contributed by atoms with Gasteiger partial charge in [-0.25, -0.2) is 9.59 Å². The van der Waals surface area contributed by atoms with Gasteiger partial charge in [-0.05, 0) is 39.2 Å². The van der Waals surface area contributed by atoms with Gasteiger partial charge in [0.15, 0.2) is 0 Å². The number of nitrogens with one attached hydrogen (secondary N) is 1. The van der Waals surface area contributed by atoms with Crippen molar-refractivity contribution in [2.24, 2.45) is 5.73 Å². The van der Waals surface area contributed by atoms with Crippen molar-refractivity contribution in [3.63, 3.8) is 0 Å². The van der Waals surface area contributed by atoms with Crippen molar-refractivity contribution < 1.29 is 24.2 Å². The van der Waals surface area contributed by atoms with Crippen LogP contribution in [-0.4, -0.2) is 47.1 Å². The molecule has 3 atom stereocenters. The van der Waals surface area contributed by atoms with Crippen LogP contribution in [0.2, 0.25) is 0 Å². The molecule has 7 nitrogen and oxygen atoms in total. The third-order valence-corrected chi connectivity index (χ3v) is 4.47. The lowest BCUT2D eigenvalue weighted by molar-refractivity contribution is -0.133. The van der Waals surface area contributed by atoms with Crippen LogP contribution in [0.1, 0.15) is 60.3 Å². The summed E-state index contributed by atoms with van der Waals surface area (Å²) in [5.41, 5.74) is 6.36. The molecule has 7 heteroatoms. The molecule has 0 fully saturated rings. The number of carbonyl (C=O) groups is 2. The average Bonchev–Trinajstić information content (AvgIpc) is 2.55. The minimum Gasteiger partial charge on any atom is -0.478 e. The Morgan fingerprint density at radius 1 is 1.37 bits per heavy atom. The molecule has 0 aromatic heterocycles. The number of carboxylic acid groups (broad SMARTS) is 1. The first-order chi connectivity index (χ1) is 12.5. The molecule has 1 aliphatic carbocycles. The van der Waals surface area contributed by atoms with Crippen molar-refractivity contribution >= 4 is 12.1 Å². The fraction of sp³-hybridized carbons (Fsp3) is 0.700. The van der Waals surface area contributed by atoms with Crippen LogP contribution < -0.4 is 11.1 Å². The Morgan fingerprint density at radius 3 is 2.41 bits per heavy atom. The van der Waals surface area contributed by atoms with E-state index >= 15 is 0 Å². The monoisotopic (exact) mass is 380 g/mol. The highest BCUT2D eigenvalue weighted by atomic mass is 16.6. The van der Waals surface area contributed by atoms with E-state index in [9.17, 15) is 14.7 Å². The lowest BCUT2D eigenvalue weighted by atomic mass is 9.81. The van der Waals surface area contributed by atoms with E-state index in [-0.39, 0.29) is 24.5 Å². The topological polar surface area (TPSA) is 111 Å². The summed E-state index contributed by atoms with van der Waals surface area (Å²) in [5, 5.41) is 12.4. The highest BCUT2D eigenvalue weighted by molar-refractivity contribution is 5.88. The molecule has 0 aliphatic heterocycles. The van der Waals surface area contributed by atoms with Gasteiger partial charge < -0.3 is 25.6 Å². The highest BCUT2D eigenvalue weighted by Gasteiger charge is 2.40. The number of carbonyl (C=O) groups excluding carboxylic acids is 1. The zero-order valence-corrected chi connectivity index (χ0v) is 16.9. The van der Waals surface area contributed by atoms with E-state index in [0.717, 1.165) is 12.8 Å². The van der Waals surface area contributed by atoms with Crippen LogP contribution in [0.5, 0.6) is 0 Å². The van der Waals surface area contributed by atoms with E-state index in [2.05, 4.69) is 11.2 Å². The fourth-order valence-electron chi connectivity index (χ4n) is 3.11. The summed E-state index contributed by atoms with van der Waals surface area (Å²) in [7, 11) is 0. The number of carboxylic acids is 1. The van der Waals surface area contributed by atoms with Crippen LogP contribution >= 0.6 is 0 Å². The Labute approximate surface area is 161 Å². The van der Waals surface area contributed by atoms with Gasteiger partial charge in [0.2, 0.25) is 0 Å². The van der Waals surface area contributed by atoms with E-state index in [1.165, 1.54) is 0 Å². The second kappa shape index (κ2) is 9.77. The van der Waals surface area contributed by atoms with Gasteiger partial charge in [-0.15, -0.1) is 12.3 Å². The zero-order chi connectivity index (χ0) is 20.8. The van der Waals surface area contributed by atoms with E-state index in [1.807, 2.05) is 13.8 Å². The van der Waals surface area contributed by atoms with Crippen LogP contribution in [0.4, 0.5) is 4.79 Å². The highest BCUT2D eigenvalue weighted by Crippen LogP contribution is 2.31. The third kappa shape index (κ3) is 6.56. The molecular weight excluding hydrogens is 348 g/mol. The first-order valence-corrected chi connectivity index (χ1v) is 9.33. The van der Waals surface area contributed by atoms with Crippen LogP contribution in [0.15, 0.2) is 11.1 Å². The smallest absolute Gasteiger partial charge is 0.407 e. The normalized spacial score (nSPS) is 23.1. The van der Waals surface area contributed by atoms with Gasteiger partial charge in [-0.2, -0.15) is 0 Å². The van der Waals surface area contributed by atoms with E-state index in [1.54, 1.807) is 20.8 Å². The molecular formula is C20H32N2O5. The van der Waals surface area contributed by atoms with Crippen molar-refractivity contribution in [3.8, 4) is 12.3 Å². The molecule has 1 amide bonds. The largest absolute Gasteiger partial charge is 0.478 e. The number of hydrogen-bond acceptors (Lipinski definition) is 5. The van der Waals surface area contributed by atoms with Gasteiger partial charge >= 0.3 is 12.1 Å². The average molecular weight is 380 g/mol. The SMILES string of the molecule is C#CCC1=C(C(=O)O)C[C@H](NC(=O)OC(C)(C)C)[C@@H](N)[C@@H]1OC(CC)CC. The molecule has 0 radical (unpaired) electrons. The van der Waals surface area contributed by atoms with E-state index < -0.39 is 35.9 Å².